The highest BCUT2D eigenvalue weighted by molar-refractivity contribution is 6.21. The Morgan fingerprint density at radius 1 is 1.04 bits per heavy atom. The van der Waals surface area contributed by atoms with Crippen LogP contribution in [0.1, 0.15) is 32.7 Å². The molecule has 2 aromatic rings. The number of nitrogens with one attached hydrogen (secondary N) is 1. The minimum absolute atomic E-state index is 0.0100. The van der Waals surface area contributed by atoms with Gasteiger partial charge < -0.3 is 5.32 Å². The molecule has 1 aliphatic heterocycles. The molecule has 2 aromatic carbocycles. The fraction of sp³-hybridized carbons (Fsp3) is 0.111. The zero-order chi connectivity index (χ0) is 17.1. The predicted octanol–water partition coefficient (Wildman–Crippen LogP) is 2.18. The van der Waals surface area contributed by atoms with E-state index in [4.69, 9.17) is 5.26 Å². The minimum Gasteiger partial charge on any atom is -0.326 e. The van der Waals surface area contributed by atoms with E-state index < -0.39 is 0 Å². The Morgan fingerprint density at radius 2 is 1.71 bits per heavy atom. The van der Waals surface area contributed by atoms with Crippen molar-refractivity contribution in [2.75, 3.05) is 11.9 Å². The van der Waals surface area contributed by atoms with E-state index in [1.165, 1.54) is 0 Å². The van der Waals surface area contributed by atoms with Crippen LogP contribution in [0.25, 0.3) is 0 Å². The van der Waals surface area contributed by atoms with Gasteiger partial charge in [-0.15, -0.1) is 0 Å². The number of rotatable bonds is 4. The third-order valence-electron chi connectivity index (χ3n) is 3.72. The second kappa shape index (κ2) is 6.34. The van der Waals surface area contributed by atoms with Crippen molar-refractivity contribution in [2.45, 2.75) is 6.42 Å². The van der Waals surface area contributed by atoms with Crippen LogP contribution in [-0.4, -0.2) is 29.2 Å². The first kappa shape index (κ1) is 15.4. The van der Waals surface area contributed by atoms with Gasteiger partial charge in [0, 0.05) is 18.7 Å². The molecule has 3 amide bonds. The molecule has 0 bridgehead atoms. The van der Waals surface area contributed by atoms with Crippen LogP contribution in [0.4, 0.5) is 5.69 Å². The summed E-state index contributed by atoms with van der Waals surface area (Å²) in [4.78, 5) is 37.5. The first-order valence-corrected chi connectivity index (χ1v) is 7.35. The third-order valence-corrected chi connectivity index (χ3v) is 3.72. The summed E-state index contributed by atoms with van der Waals surface area (Å²) in [5.41, 5.74) is 1.67. The van der Waals surface area contributed by atoms with Crippen LogP contribution in [0, 0.1) is 11.3 Å². The number of benzene rings is 2. The molecule has 0 spiro atoms. The topological polar surface area (TPSA) is 90.3 Å². The van der Waals surface area contributed by atoms with Gasteiger partial charge in [-0.05, 0) is 30.3 Å². The van der Waals surface area contributed by atoms with E-state index in [1.54, 1.807) is 48.5 Å². The van der Waals surface area contributed by atoms with E-state index in [1.807, 2.05) is 6.07 Å². The van der Waals surface area contributed by atoms with Crippen LogP contribution in [0.5, 0.6) is 0 Å². The Morgan fingerprint density at radius 3 is 2.33 bits per heavy atom. The smallest absolute Gasteiger partial charge is 0.261 e. The maximum atomic E-state index is 12.2. The molecule has 0 saturated carbocycles. The molecule has 0 unspecified atom stereocenters. The summed E-state index contributed by atoms with van der Waals surface area (Å²) in [5.74, 6) is -1.09. The molecule has 0 aliphatic carbocycles. The standard InChI is InChI=1S/C18H13N3O3/c19-11-12-4-3-5-13(10-12)20-16(22)8-9-21-17(23)14-6-1-2-7-15(14)18(21)24/h1-7,10H,8-9H2,(H,20,22). The molecule has 1 aliphatic rings. The van der Waals surface area contributed by atoms with Gasteiger partial charge in [0.05, 0.1) is 22.8 Å². The highest BCUT2D eigenvalue weighted by Gasteiger charge is 2.34. The number of nitrogens with zero attached hydrogens (tertiary/aromatic N) is 2. The Bertz CT molecular complexity index is 848. The first-order valence-electron chi connectivity index (χ1n) is 7.35. The Hall–Kier alpha value is -3.46. The van der Waals surface area contributed by atoms with Crippen molar-refractivity contribution >= 4 is 23.4 Å². The normalized spacial score (nSPS) is 12.7. The number of nitriles is 1. The molecule has 3 rings (SSSR count). The molecule has 0 radical (unpaired) electrons. The van der Waals surface area contributed by atoms with Crippen molar-refractivity contribution < 1.29 is 14.4 Å². The van der Waals surface area contributed by atoms with E-state index in [9.17, 15) is 14.4 Å². The fourth-order valence-electron chi connectivity index (χ4n) is 2.55. The van der Waals surface area contributed by atoms with E-state index in [-0.39, 0.29) is 30.7 Å². The SMILES string of the molecule is N#Cc1cccc(NC(=O)CCN2C(=O)c3ccccc3C2=O)c1. The molecule has 6 nitrogen and oxygen atoms in total. The number of carbonyl (C=O) groups excluding carboxylic acids is 3. The maximum Gasteiger partial charge on any atom is 0.261 e. The van der Waals surface area contributed by atoms with Crippen molar-refractivity contribution in [3.05, 3.63) is 65.2 Å². The highest BCUT2D eigenvalue weighted by Crippen LogP contribution is 2.22. The fourth-order valence-corrected chi connectivity index (χ4v) is 2.55. The maximum absolute atomic E-state index is 12.2. The zero-order valence-electron chi connectivity index (χ0n) is 12.7. The average molecular weight is 319 g/mol. The highest BCUT2D eigenvalue weighted by atomic mass is 16.2. The lowest BCUT2D eigenvalue weighted by Crippen LogP contribution is -2.32. The molecule has 1 heterocycles. The molecular weight excluding hydrogens is 306 g/mol. The number of fused-ring (bicyclic) bond motifs is 1. The van der Waals surface area contributed by atoms with Crippen LogP contribution < -0.4 is 5.32 Å². The second-order valence-electron chi connectivity index (χ2n) is 5.30. The average Bonchev–Trinajstić information content (AvgIpc) is 2.84. The molecule has 0 fully saturated rings. The molecule has 0 aromatic heterocycles. The van der Waals surface area contributed by atoms with Gasteiger partial charge in [-0.25, -0.2) is 0 Å². The van der Waals surface area contributed by atoms with Crippen molar-refractivity contribution in [3.63, 3.8) is 0 Å². The largest absolute Gasteiger partial charge is 0.326 e. The van der Waals surface area contributed by atoms with Gasteiger partial charge in [-0.3, -0.25) is 19.3 Å². The van der Waals surface area contributed by atoms with E-state index in [0.29, 0.717) is 22.4 Å². The number of hydrogen-bond acceptors (Lipinski definition) is 4. The van der Waals surface area contributed by atoms with Crippen LogP contribution in [0.15, 0.2) is 48.5 Å². The number of imide groups is 1. The first-order chi connectivity index (χ1) is 11.6. The molecule has 0 saturated heterocycles. The van der Waals surface area contributed by atoms with Crippen molar-refractivity contribution in [2.24, 2.45) is 0 Å². The summed E-state index contributed by atoms with van der Waals surface area (Å²) in [6, 6.07) is 15.1. The van der Waals surface area contributed by atoms with Crippen molar-refractivity contribution in [1.29, 1.82) is 5.26 Å². The molecule has 24 heavy (non-hydrogen) atoms. The minimum atomic E-state index is -0.380. The summed E-state index contributed by atoms with van der Waals surface area (Å²) in [6.07, 6.45) is -0.0117. The molecule has 0 atom stereocenters. The quantitative estimate of drug-likeness (QED) is 0.875. The lowest BCUT2D eigenvalue weighted by molar-refractivity contribution is -0.116. The van der Waals surface area contributed by atoms with Crippen molar-refractivity contribution in [3.8, 4) is 6.07 Å². The van der Waals surface area contributed by atoms with Gasteiger partial charge in [0.2, 0.25) is 5.91 Å². The number of anilines is 1. The van der Waals surface area contributed by atoms with Crippen LogP contribution in [-0.2, 0) is 4.79 Å². The van der Waals surface area contributed by atoms with Gasteiger partial charge >= 0.3 is 0 Å². The summed E-state index contributed by atoms with van der Waals surface area (Å²) in [7, 11) is 0. The lowest BCUT2D eigenvalue weighted by atomic mass is 10.1. The molecule has 118 valence electrons. The van der Waals surface area contributed by atoms with Crippen LogP contribution >= 0.6 is 0 Å². The van der Waals surface area contributed by atoms with Gasteiger partial charge in [0.25, 0.3) is 11.8 Å². The van der Waals surface area contributed by atoms with Gasteiger partial charge in [-0.2, -0.15) is 5.26 Å². The van der Waals surface area contributed by atoms with Crippen LogP contribution in [0.3, 0.4) is 0 Å². The number of hydrogen-bond donors (Lipinski definition) is 1. The lowest BCUT2D eigenvalue weighted by Gasteiger charge is -2.13. The van der Waals surface area contributed by atoms with E-state index in [0.717, 1.165) is 4.90 Å². The van der Waals surface area contributed by atoms with E-state index in [2.05, 4.69) is 5.32 Å². The Labute approximate surface area is 138 Å². The van der Waals surface area contributed by atoms with Gasteiger partial charge in [0.1, 0.15) is 0 Å². The van der Waals surface area contributed by atoms with Crippen molar-refractivity contribution in [1.82, 2.24) is 4.90 Å². The van der Waals surface area contributed by atoms with Gasteiger partial charge in [0.15, 0.2) is 0 Å². The Balaban J connectivity index is 1.62. The molecule has 6 heteroatoms. The molecule has 1 N–H and O–H groups in total. The van der Waals surface area contributed by atoms with Crippen LogP contribution in [0.2, 0.25) is 0 Å². The summed E-state index contributed by atoms with van der Waals surface area (Å²) < 4.78 is 0. The predicted molar refractivity (Wildman–Crippen MR) is 86.2 cm³/mol. The Kier molecular flexibility index (Phi) is 4.08. The summed E-state index contributed by atoms with van der Waals surface area (Å²) in [6.45, 7) is 0.0100. The third kappa shape index (κ3) is 2.88. The van der Waals surface area contributed by atoms with Gasteiger partial charge in [-0.1, -0.05) is 18.2 Å². The summed E-state index contributed by atoms with van der Waals surface area (Å²) in [5, 5.41) is 11.5. The molecular formula is C18H13N3O3. The second-order valence-corrected chi connectivity index (χ2v) is 5.30. The monoisotopic (exact) mass is 319 g/mol. The summed E-state index contributed by atoms with van der Waals surface area (Å²) >= 11 is 0. The number of amides is 3. The number of carbonyl (C=O) groups is 3. The van der Waals surface area contributed by atoms with E-state index >= 15 is 0 Å². The zero-order valence-corrected chi connectivity index (χ0v) is 12.7.